The highest BCUT2D eigenvalue weighted by molar-refractivity contribution is 5.99. The van der Waals surface area contributed by atoms with Gasteiger partial charge >= 0.3 is 0 Å². The molecule has 0 saturated carbocycles. The standard InChI is InChI=1S/C15H20N2O2/c1-10(2)13-14(18)16-8-9-17(13)15(19)12-7-5-4-6-11(12)3/h4-7,10,13H,8-9H2,1-3H3,(H,16,18). The Morgan fingerprint density at radius 1 is 1.37 bits per heavy atom. The molecule has 4 nitrogen and oxygen atoms in total. The zero-order chi connectivity index (χ0) is 14.0. The lowest BCUT2D eigenvalue weighted by atomic mass is 9.97. The predicted molar refractivity (Wildman–Crippen MR) is 73.9 cm³/mol. The van der Waals surface area contributed by atoms with Crippen LogP contribution in [0.2, 0.25) is 0 Å². The van der Waals surface area contributed by atoms with Gasteiger partial charge in [0.15, 0.2) is 0 Å². The maximum Gasteiger partial charge on any atom is 0.254 e. The molecule has 2 amide bonds. The van der Waals surface area contributed by atoms with Gasteiger partial charge in [0.05, 0.1) is 0 Å². The molecule has 2 rings (SSSR count). The molecule has 19 heavy (non-hydrogen) atoms. The van der Waals surface area contributed by atoms with Crippen molar-refractivity contribution < 1.29 is 9.59 Å². The van der Waals surface area contributed by atoms with Gasteiger partial charge in [0, 0.05) is 18.7 Å². The van der Waals surface area contributed by atoms with Crippen LogP contribution in [0, 0.1) is 12.8 Å². The Morgan fingerprint density at radius 3 is 2.68 bits per heavy atom. The summed E-state index contributed by atoms with van der Waals surface area (Å²) in [5, 5.41) is 2.83. The Balaban J connectivity index is 2.31. The number of piperazine rings is 1. The van der Waals surface area contributed by atoms with Crippen LogP contribution in [-0.4, -0.2) is 35.8 Å². The SMILES string of the molecule is Cc1ccccc1C(=O)N1CCNC(=O)C1C(C)C. The number of amides is 2. The molecule has 1 saturated heterocycles. The van der Waals surface area contributed by atoms with Gasteiger partial charge in [-0.25, -0.2) is 0 Å². The minimum absolute atomic E-state index is 0.0494. The van der Waals surface area contributed by atoms with E-state index in [0.29, 0.717) is 18.7 Å². The summed E-state index contributed by atoms with van der Waals surface area (Å²) in [6.07, 6.45) is 0. The lowest BCUT2D eigenvalue weighted by Crippen LogP contribution is -2.59. The van der Waals surface area contributed by atoms with Crippen molar-refractivity contribution in [1.82, 2.24) is 10.2 Å². The van der Waals surface area contributed by atoms with Crippen molar-refractivity contribution in [3.8, 4) is 0 Å². The van der Waals surface area contributed by atoms with Crippen LogP contribution in [0.4, 0.5) is 0 Å². The number of carbonyl (C=O) groups excluding carboxylic acids is 2. The molecule has 1 aromatic carbocycles. The molecule has 4 heteroatoms. The number of hydrogen-bond acceptors (Lipinski definition) is 2. The number of carbonyl (C=O) groups is 2. The third kappa shape index (κ3) is 2.62. The van der Waals surface area contributed by atoms with Crippen LogP contribution in [0.3, 0.4) is 0 Å². The highest BCUT2D eigenvalue weighted by atomic mass is 16.2. The van der Waals surface area contributed by atoms with Crippen LogP contribution in [0.1, 0.15) is 29.8 Å². The summed E-state index contributed by atoms with van der Waals surface area (Å²) in [5.74, 6) is 0.00287. The van der Waals surface area contributed by atoms with E-state index in [0.717, 1.165) is 5.56 Å². The smallest absolute Gasteiger partial charge is 0.254 e. The number of nitrogens with one attached hydrogen (secondary N) is 1. The second-order valence-corrected chi connectivity index (χ2v) is 5.29. The fourth-order valence-corrected chi connectivity index (χ4v) is 2.54. The van der Waals surface area contributed by atoms with E-state index in [1.54, 1.807) is 4.90 Å². The third-order valence-electron chi connectivity index (χ3n) is 3.52. The van der Waals surface area contributed by atoms with Gasteiger partial charge in [-0.2, -0.15) is 0 Å². The number of aryl methyl sites for hydroxylation is 1. The van der Waals surface area contributed by atoms with Crippen molar-refractivity contribution in [1.29, 1.82) is 0 Å². The van der Waals surface area contributed by atoms with E-state index in [2.05, 4.69) is 5.32 Å². The summed E-state index contributed by atoms with van der Waals surface area (Å²) in [4.78, 5) is 26.3. The van der Waals surface area contributed by atoms with E-state index in [1.165, 1.54) is 0 Å². The molecule has 1 aliphatic rings. The Morgan fingerprint density at radius 2 is 2.05 bits per heavy atom. The van der Waals surface area contributed by atoms with Gasteiger partial charge in [-0.05, 0) is 24.5 Å². The monoisotopic (exact) mass is 260 g/mol. The molecule has 0 aliphatic carbocycles. The topological polar surface area (TPSA) is 49.4 Å². The molecule has 1 N–H and O–H groups in total. The first kappa shape index (κ1) is 13.6. The number of rotatable bonds is 2. The van der Waals surface area contributed by atoms with E-state index >= 15 is 0 Å². The maximum atomic E-state index is 12.6. The molecule has 1 aliphatic heterocycles. The summed E-state index contributed by atoms with van der Waals surface area (Å²) in [6.45, 7) is 6.95. The zero-order valence-electron chi connectivity index (χ0n) is 11.6. The van der Waals surface area contributed by atoms with Gasteiger partial charge in [-0.3, -0.25) is 9.59 Å². The first-order chi connectivity index (χ1) is 9.02. The molecule has 1 unspecified atom stereocenters. The molecular weight excluding hydrogens is 240 g/mol. The van der Waals surface area contributed by atoms with Gasteiger partial charge in [-0.15, -0.1) is 0 Å². The van der Waals surface area contributed by atoms with Crippen molar-refractivity contribution in [2.24, 2.45) is 5.92 Å². The van der Waals surface area contributed by atoms with Gasteiger partial charge in [0.2, 0.25) is 5.91 Å². The van der Waals surface area contributed by atoms with Crippen molar-refractivity contribution in [2.75, 3.05) is 13.1 Å². The van der Waals surface area contributed by atoms with Gasteiger partial charge in [0.1, 0.15) is 6.04 Å². The lowest BCUT2D eigenvalue weighted by Gasteiger charge is -2.37. The summed E-state index contributed by atoms with van der Waals surface area (Å²) in [7, 11) is 0. The van der Waals surface area contributed by atoms with Crippen LogP contribution in [0.5, 0.6) is 0 Å². The molecule has 0 aromatic heterocycles. The van der Waals surface area contributed by atoms with Crippen molar-refractivity contribution in [3.63, 3.8) is 0 Å². The molecule has 0 bridgehead atoms. The van der Waals surface area contributed by atoms with Crippen LogP contribution in [0.25, 0.3) is 0 Å². The number of hydrogen-bond donors (Lipinski definition) is 1. The first-order valence-electron chi connectivity index (χ1n) is 6.66. The first-order valence-corrected chi connectivity index (χ1v) is 6.66. The fraction of sp³-hybridized carbons (Fsp3) is 0.467. The summed E-state index contributed by atoms with van der Waals surface area (Å²) >= 11 is 0. The second kappa shape index (κ2) is 5.43. The van der Waals surface area contributed by atoms with Crippen LogP contribution in [0.15, 0.2) is 24.3 Å². The Bertz CT molecular complexity index is 497. The second-order valence-electron chi connectivity index (χ2n) is 5.29. The van der Waals surface area contributed by atoms with E-state index in [-0.39, 0.29) is 23.8 Å². The molecular formula is C15H20N2O2. The van der Waals surface area contributed by atoms with Crippen LogP contribution >= 0.6 is 0 Å². The normalized spacial score (nSPS) is 19.5. The average Bonchev–Trinajstić information content (AvgIpc) is 2.37. The predicted octanol–water partition coefficient (Wildman–Crippen LogP) is 1.59. The molecule has 1 heterocycles. The molecule has 1 atom stereocenters. The van der Waals surface area contributed by atoms with E-state index in [1.807, 2.05) is 45.0 Å². The van der Waals surface area contributed by atoms with Crippen LogP contribution in [-0.2, 0) is 4.79 Å². The van der Waals surface area contributed by atoms with Gasteiger partial charge in [-0.1, -0.05) is 32.0 Å². The largest absolute Gasteiger partial charge is 0.353 e. The molecule has 1 fully saturated rings. The summed E-state index contributed by atoms with van der Waals surface area (Å²) in [6, 6.07) is 7.13. The number of benzene rings is 1. The molecule has 1 aromatic rings. The fourth-order valence-electron chi connectivity index (χ4n) is 2.54. The molecule has 102 valence electrons. The van der Waals surface area contributed by atoms with E-state index < -0.39 is 0 Å². The van der Waals surface area contributed by atoms with Crippen molar-refractivity contribution in [3.05, 3.63) is 35.4 Å². The van der Waals surface area contributed by atoms with Crippen LogP contribution < -0.4 is 5.32 Å². The van der Waals surface area contributed by atoms with Gasteiger partial charge < -0.3 is 10.2 Å². The average molecular weight is 260 g/mol. The quantitative estimate of drug-likeness (QED) is 0.878. The Hall–Kier alpha value is -1.84. The van der Waals surface area contributed by atoms with Crippen molar-refractivity contribution in [2.45, 2.75) is 26.8 Å². The van der Waals surface area contributed by atoms with Gasteiger partial charge in [0.25, 0.3) is 5.91 Å². The maximum absolute atomic E-state index is 12.6. The summed E-state index contributed by atoms with van der Waals surface area (Å²) < 4.78 is 0. The summed E-state index contributed by atoms with van der Waals surface area (Å²) in [5.41, 5.74) is 1.63. The third-order valence-corrected chi connectivity index (χ3v) is 3.52. The Kier molecular flexibility index (Phi) is 3.88. The zero-order valence-corrected chi connectivity index (χ0v) is 11.6. The lowest BCUT2D eigenvalue weighted by molar-refractivity contribution is -0.129. The number of nitrogens with zero attached hydrogens (tertiary/aromatic N) is 1. The van der Waals surface area contributed by atoms with Crippen molar-refractivity contribution >= 4 is 11.8 Å². The highest BCUT2D eigenvalue weighted by Gasteiger charge is 2.35. The molecule has 0 radical (unpaired) electrons. The molecule has 0 spiro atoms. The highest BCUT2D eigenvalue weighted by Crippen LogP contribution is 2.19. The Labute approximate surface area is 113 Å². The van der Waals surface area contributed by atoms with E-state index in [4.69, 9.17) is 0 Å². The minimum atomic E-state index is -0.374. The minimum Gasteiger partial charge on any atom is -0.353 e. The van der Waals surface area contributed by atoms with E-state index in [9.17, 15) is 9.59 Å².